The number of rotatable bonds is 3. The van der Waals surface area contributed by atoms with Crippen molar-refractivity contribution in [3.63, 3.8) is 0 Å². The summed E-state index contributed by atoms with van der Waals surface area (Å²) >= 11 is 12.5. The van der Waals surface area contributed by atoms with Crippen molar-refractivity contribution in [2.45, 2.75) is 26.3 Å². The number of nitrogens with zero attached hydrogens (tertiary/aromatic N) is 3. The number of halogens is 2. The first-order valence-corrected chi connectivity index (χ1v) is 9.66. The van der Waals surface area contributed by atoms with Crippen molar-refractivity contribution in [1.29, 1.82) is 0 Å². The second-order valence-electron chi connectivity index (χ2n) is 6.88. The average Bonchev–Trinajstić information content (AvgIpc) is 3.03. The van der Waals surface area contributed by atoms with Crippen LogP contribution in [0.4, 0.5) is 0 Å². The molecule has 1 aromatic heterocycles. The maximum Gasteiger partial charge on any atom is 0.258 e. The van der Waals surface area contributed by atoms with Crippen molar-refractivity contribution in [3.8, 4) is 16.9 Å². The molecule has 0 fully saturated rings. The molecule has 4 rings (SSSR count). The van der Waals surface area contributed by atoms with Crippen LogP contribution in [0.3, 0.4) is 0 Å². The fraction of sp³-hybridized carbons (Fsp3) is 0.238. The van der Waals surface area contributed by atoms with Gasteiger partial charge in [-0.2, -0.15) is 5.10 Å². The summed E-state index contributed by atoms with van der Waals surface area (Å²) in [6.45, 7) is 4.73. The van der Waals surface area contributed by atoms with Gasteiger partial charge in [0.15, 0.2) is 0 Å². The molecule has 0 unspecified atom stereocenters. The van der Waals surface area contributed by atoms with E-state index >= 15 is 0 Å². The summed E-state index contributed by atoms with van der Waals surface area (Å²) < 4.78 is 1.79. The monoisotopic (exact) mass is 399 g/mol. The molecule has 0 radical (unpaired) electrons. The molecule has 1 aliphatic heterocycles. The summed E-state index contributed by atoms with van der Waals surface area (Å²) in [6.07, 6.45) is 0.720. The highest BCUT2D eigenvalue weighted by molar-refractivity contribution is 6.32. The highest BCUT2D eigenvalue weighted by atomic mass is 35.5. The molecular formula is C21H19Cl2N3O. The van der Waals surface area contributed by atoms with E-state index in [0.29, 0.717) is 22.2 Å². The van der Waals surface area contributed by atoms with Gasteiger partial charge >= 0.3 is 0 Å². The fourth-order valence-electron chi connectivity index (χ4n) is 3.50. The molecule has 138 valence electrons. The molecule has 0 spiro atoms. The molecule has 0 saturated carbocycles. The van der Waals surface area contributed by atoms with E-state index in [9.17, 15) is 4.79 Å². The van der Waals surface area contributed by atoms with Gasteiger partial charge in [0, 0.05) is 29.6 Å². The van der Waals surface area contributed by atoms with E-state index in [4.69, 9.17) is 28.3 Å². The van der Waals surface area contributed by atoms with E-state index in [-0.39, 0.29) is 11.9 Å². The Morgan fingerprint density at radius 3 is 2.41 bits per heavy atom. The molecule has 6 heteroatoms. The van der Waals surface area contributed by atoms with Crippen LogP contribution >= 0.6 is 23.2 Å². The van der Waals surface area contributed by atoms with Gasteiger partial charge in [0.05, 0.1) is 27.7 Å². The minimum Gasteiger partial charge on any atom is -0.336 e. The van der Waals surface area contributed by atoms with Crippen molar-refractivity contribution in [1.82, 2.24) is 14.7 Å². The van der Waals surface area contributed by atoms with Crippen molar-refractivity contribution in [2.75, 3.05) is 6.54 Å². The molecule has 1 aliphatic rings. The van der Waals surface area contributed by atoms with Crippen LogP contribution in [0.25, 0.3) is 16.9 Å². The Kier molecular flexibility index (Phi) is 4.70. The Morgan fingerprint density at radius 2 is 1.74 bits per heavy atom. The van der Waals surface area contributed by atoms with Gasteiger partial charge in [0.25, 0.3) is 5.91 Å². The molecule has 1 amide bonds. The average molecular weight is 400 g/mol. The number of para-hydroxylation sites is 1. The van der Waals surface area contributed by atoms with Crippen LogP contribution in [-0.2, 0) is 6.42 Å². The lowest BCUT2D eigenvalue weighted by molar-refractivity contribution is 0.0689. The second-order valence-corrected chi connectivity index (χ2v) is 7.73. The van der Waals surface area contributed by atoms with Gasteiger partial charge < -0.3 is 4.90 Å². The summed E-state index contributed by atoms with van der Waals surface area (Å²) in [5.74, 6) is 0.00880. The SMILES string of the molecule is CC(C)N1CCc2nn(-c3ccccc3Cl)c(-c3ccc(Cl)cc3)c2C1=O. The molecule has 0 aliphatic carbocycles. The smallest absolute Gasteiger partial charge is 0.258 e. The van der Waals surface area contributed by atoms with Gasteiger partial charge in [-0.05, 0) is 38.1 Å². The van der Waals surface area contributed by atoms with Gasteiger partial charge in [-0.1, -0.05) is 47.5 Å². The van der Waals surface area contributed by atoms with E-state index in [2.05, 4.69) is 0 Å². The normalized spacial score (nSPS) is 14.0. The summed E-state index contributed by atoms with van der Waals surface area (Å²) in [6, 6.07) is 15.1. The predicted molar refractivity (Wildman–Crippen MR) is 109 cm³/mol. The van der Waals surface area contributed by atoms with E-state index in [1.54, 1.807) is 4.68 Å². The van der Waals surface area contributed by atoms with Crippen LogP contribution in [0, 0.1) is 0 Å². The topological polar surface area (TPSA) is 38.1 Å². The number of amides is 1. The van der Waals surface area contributed by atoms with Crippen LogP contribution < -0.4 is 0 Å². The largest absolute Gasteiger partial charge is 0.336 e. The highest BCUT2D eigenvalue weighted by Gasteiger charge is 2.34. The summed E-state index contributed by atoms with van der Waals surface area (Å²) in [5.41, 5.74) is 3.85. The Labute approximate surface area is 168 Å². The van der Waals surface area contributed by atoms with Gasteiger partial charge in [-0.25, -0.2) is 4.68 Å². The third-order valence-corrected chi connectivity index (χ3v) is 5.42. The third kappa shape index (κ3) is 3.13. The lowest BCUT2D eigenvalue weighted by Crippen LogP contribution is -2.42. The van der Waals surface area contributed by atoms with Crippen LogP contribution in [0.2, 0.25) is 10.0 Å². The number of fused-ring (bicyclic) bond motifs is 1. The lowest BCUT2D eigenvalue weighted by Gasteiger charge is -2.30. The van der Waals surface area contributed by atoms with Crippen molar-refractivity contribution in [2.24, 2.45) is 0 Å². The maximum absolute atomic E-state index is 13.3. The van der Waals surface area contributed by atoms with E-state index in [1.165, 1.54) is 0 Å². The first-order chi connectivity index (χ1) is 13.0. The number of carbonyl (C=O) groups excluding carboxylic acids is 1. The number of hydrogen-bond donors (Lipinski definition) is 0. The Balaban J connectivity index is 1.99. The van der Waals surface area contributed by atoms with E-state index in [0.717, 1.165) is 29.1 Å². The second kappa shape index (κ2) is 7.02. The number of carbonyl (C=O) groups is 1. The van der Waals surface area contributed by atoms with Crippen LogP contribution in [0.1, 0.15) is 29.9 Å². The lowest BCUT2D eigenvalue weighted by atomic mass is 9.99. The zero-order chi connectivity index (χ0) is 19.1. The summed E-state index contributed by atoms with van der Waals surface area (Å²) in [5, 5.41) is 6.01. The van der Waals surface area contributed by atoms with Crippen LogP contribution in [0.5, 0.6) is 0 Å². The Hall–Kier alpha value is -2.30. The molecule has 3 aromatic rings. The Bertz CT molecular complexity index is 1010. The minimum atomic E-state index is 0.00880. The molecule has 0 saturated heterocycles. The van der Waals surface area contributed by atoms with Gasteiger partial charge in [0.2, 0.25) is 0 Å². The highest BCUT2D eigenvalue weighted by Crippen LogP contribution is 2.35. The molecule has 0 N–H and O–H groups in total. The molecule has 27 heavy (non-hydrogen) atoms. The van der Waals surface area contributed by atoms with E-state index in [1.807, 2.05) is 67.3 Å². The quantitative estimate of drug-likeness (QED) is 0.602. The molecule has 4 nitrogen and oxygen atoms in total. The molecule has 2 heterocycles. The molecular weight excluding hydrogens is 381 g/mol. The maximum atomic E-state index is 13.3. The minimum absolute atomic E-state index is 0.00880. The fourth-order valence-corrected chi connectivity index (χ4v) is 3.84. The number of benzene rings is 2. The molecule has 2 aromatic carbocycles. The van der Waals surface area contributed by atoms with Gasteiger partial charge in [-0.3, -0.25) is 4.79 Å². The Morgan fingerprint density at radius 1 is 1.04 bits per heavy atom. The third-order valence-electron chi connectivity index (χ3n) is 4.84. The van der Waals surface area contributed by atoms with Crippen LogP contribution in [0.15, 0.2) is 48.5 Å². The zero-order valence-electron chi connectivity index (χ0n) is 15.1. The number of aromatic nitrogens is 2. The van der Waals surface area contributed by atoms with Crippen molar-refractivity contribution in [3.05, 3.63) is 69.8 Å². The predicted octanol–water partition coefficient (Wildman–Crippen LogP) is 5.25. The van der Waals surface area contributed by atoms with Gasteiger partial charge in [0.1, 0.15) is 0 Å². The number of hydrogen-bond acceptors (Lipinski definition) is 2. The van der Waals surface area contributed by atoms with Crippen molar-refractivity contribution < 1.29 is 4.79 Å². The standard InChI is InChI=1S/C21H19Cl2N3O/c1-13(2)25-12-11-17-19(21(25)27)20(14-7-9-15(22)10-8-14)26(24-17)18-6-4-3-5-16(18)23/h3-10,13H,11-12H2,1-2H3. The molecule has 0 bridgehead atoms. The van der Waals surface area contributed by atoms with Crippen molar-refractivity contribution >= 4 is 29.1 Å². The first kappa shape index (κ1) is 18.1. The van der Waals surface area contributed by atoms with E-state index < -0.39 is 0 Å². The zero-order valence-corrected chi connectivity index (χ0v) is 16.6. The van der Waals surface area contributed by atoms with Gasteiger partial charge in [-0.15, -0.1) is 0 Å². The summed E-state index contributed by atoms with van der Waals surface area (Å²) in [7, 11) is 0. The molecule has 0 atom stereocenters. The summed E-state index contributed by atoms with van der Waals surface area (Å²) in [4.78, 5) is 15.2. The van der Waals surface area contributed by atoms with Crippen LogP contribution in [-0.4, -0.2) is 33.2 Å². The first-order valence-electron chi connectivity index (χ1n) is 8.91.